The Bertz CT molecular complexity index is 362. The fraction of sp³-hybridized carbons (Fsp3) is 0.800. The Morgan fingerprint density at radius 1 is 1.24 bits per heavy atom. The summed E-state index contributed by atoms with van der Waals surface area (Å²) in [5.41, 5.74) is 9.45. The minimum Gasteiger partial charge on any atom is -0.330 e. The van der Waals surface area contributed by atoms with Crippen LogP contribution in [0.2, 0.25) is 0 Å². The molecule has 0 bridgehead atoms. The Morgan fingerprint density at radius 2 is 1.95 bits per heavy atom. The molecule has 21 heavy (non-hydrogen) atoms. The molecule has 1 rings (SSSR count). The molecule has 0 heterocycles. The third-order valence-corrected chi connectivity index (χ3v) is 5.20. The van der Waals surface area contributed by atoms with Crippen molar-refractivity contribution in [3.8, 4) is 0 Å². The number of hydrogen-bond acceptors (Lipinski definition) is 1. The van der Waals surface area contributed by atoms with Crippen molar-refractivity contribution in [1.82, 2.24) is 0 Å². The Balaban J connectivity index is 2.40. The van der Waals surface area contributed by atoms with Crippen LogP contribution in [-0.4, -0.2) is 6.54 Å². The van der Waals surface area contributed by atoms with Gasteiger partial charge in [0.1, 0.15) is 0 Å². The van der Waals surface area contributed by atoms with Gasteiger partial charge >= 0.3 is 0 Å². The lowest BCUT2D eigenvalue weighted by Gasteiger charge is -2.35. The molecule has 0 saturated carbocycles. The van der Waals surface area contributed by atoms with E-state index < -0.39 is 0 Å². The second-order valence-electron chi connectivity index (χ2n) is 7.86. The van der Waals surface area contributed by atoms with Gasteiger partial charge in [0.2, 0.25) is 0 Å². The first-order valence-electron chi connectivity index (χ1n) is 8.92. The minimum absolute atomic E-state index is 0.438. The average molecular weight is 292 g/mol. The molecule has 0 aromatic heterocycles. The normalized spacial score (nSPS) is 21.8. The van der Waals surface area contributed by atoms with Gasteiger partial charge in [-0.3, -0.25) is 0 Å². The molecule has 0 saturated heterocycles. The third kappa shape index (κ3) is 6.38. The van der Waals surface area contributed by atoms with Crippen LogP contribution in [0, 0.1) is 17.3 Å². The molecule has 2 N–H and O–H groups in total. The van der Waals surface area contributed by atoms with Crippen LogP contribution in [0.3, 0.4) is 0 Å². The summed E-state index contributed by atoms with van der Waals surface area (Å²) >= 11 is 0. The molecular formula is C20H37N. The molecule has 0 aliphatic heterocycles. The van der Waals surface area contributed by atoms with Crippen molar-refractivity contribution >= 4 is 0 Å². The van der Waals surface area contributed by atoms with E-state index in [1.54, 1.807) is 11.1 Å². The second-order valence-corrected chi connectivity index (χ2v) is 7.86. The quantitative estimate of drug-likeness (QED) is 0.557. The van der Waals surface area contributed by atoms with Crippen molar-refractivity contribution in [3.05, 3.63) is 23.3 Å². The summed E-state index contributed by atoms with van der Waals surface area (Å²) in [5.74, 6) is 1.41. The zero-order valence-electron chi connectivity index (χ0n) is 15.0. The standard InChI is InChI=1S/C20H37N/c1-16(8-6-9-17(2)13-15-21)11-12-19-18(3)10-7-14-20(19,4)5/h6,9,16-17H,7-8,10-15,21H2,1-5H3/b9-6+. The van der Waals surface area contributed by atoms with Crippen LogP contribution < -0.4 is 5.73 Å². The van der Waals surface area contributed by atoms with E-state index in [0.717, 1.165) is 18.9 Å². The van der Waals surface area contributed by atoms with Crippen LogP contribution >= 0.6 is 0 Å². The predicted molar refractivity (Wildman–Crippen MR) is 95.3 cm³/mol. The molecule has 0 aromatic carbocycles. The molecule has 1 heteroatoms. The number of nitrogens with two attached hydrogens (primary N) is 1. The maximum Gasteiger partial charge on any atom is -0.00718 e. The van der Waals surface area contributed by atoms with E-state index in [0.29, 0.717) is 11.3 Å². The third-order valence-electron chi connectivity index (χ3n) is 5.20. The highest BCUT2D eigenvalue weighted by molar-refractivity contribution is 5.22. The Kier molecular flexibility index (Phi) is 7.73. The van der Waals surface area contributed by atoms with E-state index in [9.17, 15) is 0 Å². The van der Waals surface area contributed by atoms with Crippen LogP contribution in [-0.2, 0) is 0 Å². The van der Waals surface area contributed by atoms with Crippen LogP contribution in [0.25, 0.3) is 0 Å². The fourth-order valence-corrected chi connectivity index (χ4v) is 3.64. The lowest BCUT2D eigenvalue weighted by Crippen LogP contribution is -2.20. The van der Waals surface area contributed by atoms with Gasteiger partial charge in [0.15, 0.2) is 0 Å². The highest BCUT2D eigenvalue weighted by Gasteiger charge is 2.27. The van der Waals surface area contributed by atoms with Crippen molar-refractivity contribution in [2.45, 2.75) is 79.6 Å². The predicted octanol–water partition coefficient (Wildman–Crippen LogP) is 5.86. The number of rotatable bonds is 8. The van der Waals surface area contributed by atoms with Gasteiger partial charge in [-0.2, -0.15) is 0 Å². The van der Waals surface area contributed by atoms with Gasteiger partial charge in [0.05, 0.1) is 0 Å². The highest BCUT2D eigenvalue weighted by atomic mass is 14.5. The summed E-state index contributed by atoms with van der Waals surface area (Å²) in [6.07, 6.45) is 13.7. The zero-order valence-corrected chi connectivity index (χ0v) is 15.0. The fourth-order valence-electron chi connectivity index (χ4n) is 3.64. The molecule has 1 aliphatic rings. The second kappa shape index (κ2) is 8.78. The van der Waals surface area contributed by atoms with Gasteiger partial charge in [-0.25, -0.2) is 0 Å². The van der Waals surface area contributed by atoms with Crippen LogP contribution in [0.4, 0.5) is 0 Å². The Hall–Kier alpha value is -0.560. The molecule has 2 atom stereocenters. The largest absolute Gasteiger partial charge is 0.330 e. The smallest absolute Gasteiger partial charge is 0.00718 e. The van der Waals surface area contributed by atoms with Gasteiger partial charge in [-0.15, -0.1) is 0 Å². The van der Waals surface area contributed by atoms with Gasteiger partial charge in [0, 0.05) is 0 Å². The van der Waals surface area contributed by atoms with E-state index >= 15 is 0 Å². The first kappa shape index (κ1) is 18.5. The summed E-state index contributed by atoms with van der Waals surface area (Å²) in [5, 5.41) is 0. The van der Waals surface area contributed by atoms with Crippen molar-refractivity contribution < 1.29 is 0 Å². The van der Waals surface area contributed by atoms with Gasteiger partial charge < -0.3 is 5.73 Å². The Labute approximate surface area is 133 Å². The van der Waals surface area contributed by atoms with Crippen molar-refractivity contribution in [1.29, 1.82) is 0 Å². The lowest BCUT2D eigenvalue weighted by atomic mass is 9.70. The monoisotopic (exact) mass is 291 g/mol. The van der Waals surface area contributed by atoms with Crippen molar-refractivity contribution in [3.63, 3.8) is 0 Å². The van der Waals surface area contributed by atoms with E-state index in [1.165, 1.54) is 38.5 Å². The molecule has 0 radical (unpaired) electrons. The van der Waals surface area contributed by atoms with Crippen molar-refractivity contribution in [2.75, 3.05) is 6.54 Å². The molecule has 0 fully saturated rings. The van der Waals surface area contributed by atoms with E-state index in [2.05, 4.69) is 46.8 Å². The molecule has 0 amide bonds. The van der Waals surface area contributed by atoms with Crippen LogP contribution in [0.5, 0.6) is 0 Å². The first-order valence-corrected chi connectivity index (χ1v) is 8.92. The van der Waals surface area contributed by atoms with Crippen LogP contribution in [0.15, 0.2) is 23.3 Å². The SMILES string of the molecule is CC1=C(CCC(C)C/C=C/C(C)CCN)C(C)(C)CCC1. The summed E-state index contributed by atoms with van der Waals surface area (Å²) in [7, 11) is 0. The lowest BCUT2D eigenvalue weighted by molar-refractivity contribution is 0.344. The number of hydrogen-bond donors (Lipinski definition) is 1. The molecule has 0 aromatic rings. The summed E-state index contributed by atoms with van der Waals surface area (Å²) in [6, 6.07) is 0. The van der Waals surface area contributed by atoms with E-state index in [4.69, 9.17) is 5.73 Å². The minimum atomic E-state index is 0.438. The van der Waals surface area contributed by atoms with E-state index in [1.807, 2.05) is 0 Å². The van der Waals surface area contributed by atoms with Gasteiger partial charge in [-0.05, 0) is 75.7 Å². The molecule has 1 nitrogen and oxygen atoms in total. The zero-order chi connectivity index (χ0) is 15.9. The van der Waals surface area contributed by atoms with Crippen LogP contribution in [0.1, 0.15) is 79.6 Å². The summed E-state index contributed by atoms with van der Waals surface area (Å²) < 4.78 is 0. The maximum atomic E-state index is 5.59. The summed E-state index contributed by atoms with van der Waals surface area (Å²) in [6.45, 7) is 12.7. The van der Waals surface area contributed by atoms with Crippen molar-refractivity contribution in [2.24, 2.45) is 23.0 Å². The number of allylic oxidation sites excluding steroid dienone is 4. The first-order chi connectivity index (χ1) is 9.86. The summed E-state index contributed by atoms with van der Waals surface area (Å²) in [4.78, 5) is 0. The van der Waals surface area contributed by atoms with Gasteiger partial charge in [0.25, 0.3) is 0 Å². The topological polar surface area (TPSA) is 26.0 Å². The molecule has 1 aliphatic carbocycles. The van der Waals surface area contributed by atoms with Gasteiger partial charge in [-0.1, -0.05) is 51.0 Å². The highest BCUT2D eigenvalue weighted by Crippen LogP contribution is 2.42. The Morgan fingerprint density at radius 3 is 2.57 bits per heavy atom. The van der Waals surface area contributed by atoms with E-state index in [-0.39, 0.29) is 0 Å². The molecular weight excluding hydrogens is 254 g/mol. The molecule has 0 spiro atoms. The molecule has 122 valence electrons. The maximum absolute atomic E-state index is 5.59. The molecule has 2 unspecified atom stereocenters. The average Bonchev–Trinajstić information content (AvgIpc) is 2.37.